The molecule has 0 unspecified atom stereocenters. The molecule has 1 N–H and O–H groups in total. The third-order valence-corrected chi connectivity index (χ3v) is 8.34. The van der Waals surface area contributed by atoms with Crippen LogP contribution in [0.15, 0.2) is 46.2 Å². The van der Waals surface area contributed by atoms with Gasteiger partial charge in [-0.05, 0) is 49.2 Å². The molecule has 1 aliphatic rings. The van der Waals surface area contributed by atoms with Crippen molar-refractivity contribution in [1.29, 1.82) is 0 Å². The highest BCUT2D eigenvalue weighted by Crippen LogP contribution is 2.50. The third-order valence-electron chi connectivity index (χ3n) is 6.44. The summed E-state index contributed by atoms with van der Waals surface area (Å²) in [7, 11) is 8.22. The van der Waals surface area contributed by atoms with Crippen molar-refractivity contribution in [3.63, 3.8) is 0 Å². The summed E-state index contributed by atoms with van der Waals surface area (Å²) in [5, 5.41) is 0. The van der Waals surface area contributed by atoms with Crippen LogP contribution in [-0.2, 0) is 14.9 Å². The number of carbonyl (C=O) groups excluding carboxylic acids is 1. The summed E-state index contributed by atoms with van der Waals surface area (Å²) in [5.74, 6) is -0.144. The van der Waals surface area contributed by atoms with Crippen molar-refractivity contribution in [3.8, 4) is 0 Å². The smallest absolute Gasteiger partial charge is 0.265 e. The van der Waals surface area contributed by atoms with Gasteiger partial charge in [0.05, 0.1) is 44.3 Å². The molecule has 1 aliphatic heterocycles. The predicted molar refractivity (Wildman–Crippen MR) is 150 cm³/mol. The zero-order chi connectivity index (χ0) is 26.7. The number of benzene rings is 2. The van der Waals surface area contributed by atoms with Gasteiger partial charge in [0.25, 0.3) is 10.1 Å². The molecule has 0 aromatic heterocycles. The lowest BCUT2D eigenvalue weighted by molar-refractivity contribution is -0.890. The highest BCUT2D eigenvalue weighted by atomic mass is 32.2. The Morgan fingerprint density at radius 3 is 1.86 bits per heavy atom. The maximum absolute atomic E-state index is 13.6. The molecule has 0 saturated heterocycles. The minimum atomic E-state index is -3.93. The minimum absolute atomic E-state index is 0.0738. The fraction of sp³-hybridized carbons (Fsp3) is 0.500. The first kappa shape index (κ1) is 28.3. The fourth-order valence-corrected chi connectivity index (χ4v) is 5.94. The van der Waals surface area contributed by atoms with E-state index in [1.165, 1.54) is 0 Å². The van der Waals surface area contributed by atoms with Gasteiger partial charge in [0.2, 0.25) is 5.91 Å². The van der Waals surface area contributed by atoms with Gasteiger partial charge >= 0.3 is 0 Å². The molecular formula is C26H39N4O4S2+. The lowest BCUT2D eigenvalue weighted by Crippen LogP contribution is -2.42. The van der Waals surface area contributed by atoms with Crippen LogP contribution in [0.25, 0.3) is 0 Å². The number of rotatable bonds is 11. The van der Waals surface area contributed by atoms with Crippen molar-refractivity contribution in [2.45, 2.75) is 35.5 Å². The second-order valence-corrected chi connectivity index (χ2v) is 13.1. The van der Waals surface area contributed by atoms with E-state index in [0.29, 0.717) is 23.9 Å². The van der Waals surface area contributed by atoms with E-state index in [1.54, 1.807) is 11.8 Å². The van der Waals surface area contributed by atoms with E-state index < -0.39 is 10.1 Å². The van der Waals surface area contributed by atoms with E-state index in [0.717, 1.165) is 51.9 Å². The van der Waals surface area contributed by atoms with Crippen LogP contribution in [0.3, 0.4) is 0 Å². The maximum atomic E-state index is 13.6. The highest BCUT2D eigenvalue weighted by Gasteiger charge is 2.29. The van der Waals surface area contributed by atoms with Crippen LogP contribution in [0, 0.1) is 0 Å². The summed E-state index contributed by atoms with van der Waals surface area (Å²) in [6, 6.07) is 12.4. The first-order valence-electron chi connectivity index (χ1n) is 12.2. The number of anilines is 4. The van der Waals surface area contributed by atoms with E-state index in [-0.39, 0.29) is 11.7 Å². The molecule has 2 aromatic rings. The zero-order valence-electron chi connectivity index (χ0n) is 22.2. The standard InChI is InChI=1S/C26H38N4O4S2/c1-27(2)20-11-13-22-24(18-20)35-25-19-21(28(3)4)12-14-23(25)29(22)26(31)10-7-8-15-30(5,6)16-9-17-36(32,33)34/h11-14,18-19H,7-10,15-17H2,1-6H3/p+1. The van der Waals surface area contributed by atoms with Crippen LogP contribution in [0.4, 0.5) is 22.7 Å². The van der Waals surface area contributed by atoms with Crippen molar-refractivity contribution in [1.82, 2.24) is 0 Å². The van der Waals surface area contributed by atoms with Gasteiger partial charge in [-0.15, -0.1) is 0 Å². The normalized spacial score (nSPS) is 13.2. The maximum Gasteiger partial charge on any atom is 0.265 e. The lowest BCUT2D eigenvalue weighted by Gasteiger charge is -2.33. The number of hydrogen-bond acceptors (Lipinski definition) is 6. The molecule has 0 fully saturated rings. The summed E-state index contributed by atoms with van der Waals surface area (Å²) < 4.78 is 31.6. The summed E-state index contributed by atoms with van der Waals surface area (Å²) >= 11 is 1.70. The third kappa shape index (κ3) is 7.38. The summed E-state index contributed by atoms with van der Waals surface area (Å²) in [6.07, 6.45) is 2.44. The summed E-state index contributed by atoms with van der Waals surface area (Å²) in [4.78, 5) is 21.7. The van der Waals surface area contributed by atoms with Crippen LogP contribution >= 0.6 is 11.8 Å². The van der Waals surface area contributed by atoms with Crippen molar-refractivity contribution >= 4 is 50.5 Å². The molecule has 0 radical (unpaired) electrons. The molecule has 1 amide bonds. The Kier molecular flexibility index (Phi) is 8.97. The first-order valence-corrected chi connectivity index (χ1v) is 14.6. The average Bonchev–Trinajstić information content (AvgIpc) is 2.78. The van der Waals surface area contributed by atoms with Gasteiger partial charge < -0.3 is 14.3 Å². The van der Waals surface area contributed by atoms with Crippen molar-refractivity contribution in [3.05, 3.63) is 36.4 Å². The quantitative estimate of drug-likeness (QED) is 0.258. The number of nitrogens with zero attached hydrogens (tertiary/aromatic N) is 4. The Morgan fingerprint density at radius 1 is 0.889 bits per heavy atom. The van der Waals surface area contributed by atoms with Crippen molar-refractivity contribution < 1.29 is 22.2 Å². The molecule has 10 heteroatoms. The van der Waals surface area contributed by atoms with E-state index >= 15 is 0 Å². The average molecular weight is 536 g/mol. The Bertz CT molecular complexity index is 1140. The van der Waals surface area contributed by atoms with Gasteiger partial charge in [-0.1, -0.05) is 11.8 Å². The monoisotopic (exact) mass is 535 g/mol. The van der Waals surface area contributed by atoms with Crippen molar-refractivity contribution in [2.24, 2.45) is 0 Å². The van der Waals surface area contributed by atoms with E-state index in [2.05, 4.69) is 21.9 Å². The molecule has 0 atom stereocenters. The number of hydrogen-bond donors (Lipinski definition) is 1. The first-order chi connectivity index (χ1) is 16.8. The SMILES string of the molecule is CN(C)c1ccc2c(c1)Sc1cc(N(C)C)ccc1N2C(=O)CCCC[N+](C)(C)CCCS(=O)(=O)O. The topological polar surface area (TPSA) is 81.2 Å². The van der Waals surface area contributed by atoms with Crippen LogP contribution < -0.4 is 14.7 Å². The molecule has 0 saturated carbocycles. The Morgan fingerprint density at radius 2 is 1.39 bits per heavy atom. The molecule has 3 rings (SSSR count). The van der Waals surface area contributed by atoms with Crippen molar-refractivity contribution in [2.75, 3.05) is 75.8 Å². The van der Waals surface area contributed by atoms with Gasteiger partial charge in [0, 0.05) is 62.2 Å². The molecule has 0 aliphatic carbocycles. The highest BCUT2D eigenvalue weighted by molar-refractivity contribution is 7.99. The zero-order valence-corrected chi connectivity index (χ0v) is 23.8. The van der Waals surface area contributed by atoms with Gasteiger partial charge in [-0.2, -0.15) is 8.42 Å². The number of unbranched alkanes of at least 4 members (excludes halogenated alkanes) is 1. The fourth-order valence-electron chi connectivity index (χ4n) is 4.33. The van der Waals surface area contributed by atoms with Gasteiger partial charge in [0.15, 0.2) is 0 Å². The van der Waals surface area contributed by atoms with Gasteiger partial charge in [-0.3, -0.25) is 14.2 Å². The molecular weight excluding hydrogens is 496 g/mol. The summed E-state index contributed by atoms with van der Waals surface area (Å²) in [6.45, 7) is 1.49. The molecule has 0 bridgehead atoms. The molecule has 8 nitrogen and oxygen atoms in total. The Balaban J connectivity index is 1.72. The van der Waals surface area contributed by atoms with Crippen LogP contribution in [-0.4, -0.2) is 84.5 Å². The van der Waals surface area contributed by atoms with Gasteiger partial charge in [-0.25, -0.2) is 0 Å². The van der Waals surface area contributed by atoms with E-state index in [1.807, 2.05) is 71.5 Å². The van der Waals surface area contributed by atoms with Gasteiger partial charge in [0.1, 0.15) is 0 Å². The van der Waals surface area contributed by atoms with Crippen LogP contribution in [0.1, 0.15) is 25.7 Å². The summed E-state index contributed by atoms with van der Waals surface area (Å²) in [5.41, 5.74) is 4.02. The molecule has 1 heterocycles. The van der Waals surface area contributed by atoms with E-state index in [4.69, 9.17) is 4.55 Å². The second kappa shape index (κ2) is 11.4. The van der Waals surface area contributed by atoms with E-state index in [9.17, 15) is 13.2 Å². The number of amides is 1. The minimum Gasteiger partial charge on any atom is -0.378 e. The lowest BCUT2D eigenvalue weighted by atomic mass is 10.1. The van der Waals surface area contributed by atoms with Crippen LogP contribution in [0.5, 0.6) is 0 Å². The Hall–Kier alpha value is -2.27. The number of quaternary nitrogens is 1. The Labute approximate surface area is 220 Å². The molecule has 198 valence electrons. The molecule has 36 heavy (non-hydrogen) atoms. The number of carbonyl (C=O) groups is 1. The second-order valence-electron chi connectivity index (χ2n) is 10.4. The van der Waals surface area contributed by atoms with Crippen LogP contribution in [0.2, 0.25) is 0 Å². The molecule has 0 spiro atoms. The molecule has 2 aromatic carbocycles. The number of fused-ring (bicyclic) bond motifs is 2. The predicted octanol–water partition coefficient (Wildman–Crippen LogP) is 4.47. The largest absolute Gasteiger partial charge is 0.378 e.